The largest absolute Gasteiger partial charge is 0.298 e. The second-order valence-electron chi connectivity index (χ2n) is 8.46. The van der Waals surface area contributed by atoms with E-state index in [2.05, 4.69) is 58.4 Å². The Kier molecular flexibility index (Phi) is 12.3. The first kappa shape index (κ1) is 24.1. The third-order valence-corrected chi connectivity index (χ3v) is 6.45. The van der Waals surface area contributed by atoms with E-state index in [0.29, 0.717) is 5.78 Å². The average molecular weight is 460 g/mol. The zero-order valence-electron chi connectivity index (χ0n) is 18.3. The summed E-state index contributed by atoms with van der Waals surface area (Å²) in [6.45, 7) is 1.92. The van der Waals surface area contributed by atoms with Gasteiger partial charge in [-0.05, 0) is 42.5 Å². The van der Waals surface area contributed by atoms with Gasteiger partial charge in [-0.1, -0.05) is 123 Å². The highest BCUT2D eigenvalue weighted by Gasteiger charge is 2.07. The van der Waals surface area contributed by atoms with E-state index in [1.165, 1.54) is 93.4 Å². The molecule has 29 heavy (non-hydrogen) atoms. The molecule has 1 unspecified atom stereocenters. The van der Waals surface area contributed by atoms with E-state index in [9.17, 15) is 4.79 Å². The lowest BCUT2D eigenvalue weighted by Crippen LogP contribution is -2.08. The monoisotopic (exact) mass is 458 g/mol. The Morgan fingerprint density at radius 1 is 0.724 bits per heavy atom. The second kappa shape index (κ2) is 14.8. The number of carbonyl (C=O) groups excluding carboxylic acids is 1. The van der Waals surface area contributed by atoms with Crippen molar-refractivity contribution in [3.8, 4) is 0 Å². The molecule has 0 aliphatic heterocycles. The van der Waals surface area contributed by atoms with Crippen LogP contribution in [0.15, 0.2) is 42.5 Å². The van der Waals surface area contributed by atoms with Gasteiger partial charge in [0.25, 0.3) is 0 Å². The van der Waals surface area contributed by atoms with Gasteiger partial charge >= 0.3 is 0 Å². The van der Waals surface area contributed by atoms with Crippen LogP contribution in [-0.4, -0.2) is 10.6 Å². The lowest BCUT2D eigenvalue weighted by atomic mass is 9.99. The lowest BCUT2D eigenvalue weighted by molar-refractivity contribution is -0.118. The molecule has 0 saturated heterocycles. The van der Waals surface area contributed by atoms with Crippen molar-refractivity contribution in [3.63, 3.8) is 0 Å². The Morgan fingerprint density at radius 2 is 1.24 bits per heavy atom. The van der Waals surface area contributed by atoms with E-state index in [4.69, 9.17) is 0 Å². The van der Waals surface area contributed by atoms with Gasteiger partial charge in [0, 0.05) is 6.42 Å². The number of fused-ring (bicyclic) bond motifs is 1. The van der Waals surface area contributed by atoms with Crippen molar-refractivity contribution in [2.45, 2.75) is 102 Å². The number of hydrogen-bond donors (Lipinski definition) is 0. The molecule has 160 valence electrons. The number of halogens is 1. The number of carbonyl (C=O) groups is 1. The predicted molar refractivity (Wildman–Crippen MR) is 131 cm³/mol. The van der Waals surface area contributed by atoms with Crippen molar-refractivity contribution in [2.24, 2.45) is 0 Å². The molecule has 0 aliphatic rings. The van der Waals surface area contributed by atoms with Crippen LogP contribution in [0.3, 0.4) is 0 Å². The summed E-state index contributed by atoms with van der Waals surface area (Å²) in [5, 5.41) is 2.80. The van der Waals surface area contributed by atoms with E-state index < -0.39 is 0 Å². The number of hydrogen-bond acceptors (Lipinski definition) is 1. The number of aryl methyl sites for hydroxylation is 1. The third-order valence-electron chi connectivity index (χ3n) is 5.94. The number of unbranched alkanes of at least 4 members (excludes halogenated alkanes) is 11. The topological polar surface area (TPSA) is 17.1 Å². The molecule has 0 saturated carbocycles. The van der Waals surface area contributed by atoms with Gasteiger partial charge in [0.05, 0.1) is 4.83 Å². The molecule has 2 heteroatoms. The maximum absolute atomic E-state index is 11.5. The summed E-state index contributed by atoms with van der Waals surface area (Å²) in [6.07, 6.45) is 17.8. The minimum absolute atomic E-state index is 0.0284. The molecular weight excluding hydrogens is 420 g/mol. The van der Waals surface area contributed by atoms with Crippen LogP contribution in [0.25, 0.3) is 10.8 Å². The summed E-state index contributed by atoms with van der Waals surface area (Å²) in [5.74, 6) is 0.349. The maximum Gasteiger partial charge on any atom is 0.146 e. The fourth-order valence-corrected chi connectivity index (χ4v) is 4.32. The fourth-order valence-electron chi connectivity index (χ4n) is 4.09. The molecule has 2 aromatic rings. The highest BCUT2D eigenvalue weighted by atomic mass is 79.9. The van der Waals surface area contributed by atoms with Gasteiger partial charge in [0.1, 0.15) is 5.78 Å². The molecule has 0 aromatic heterocycles. The summed E-state index contributed by atoms with van der Waals surface area (Å²) < 4.78 is 0. The number of ketones is 1. The van der Waals surface area contributed by atoms with Crippen molar-refractivity contribution < 1.29 is 4.79 Å². The third kappa shape index (κ3) is 9.94. The number of benzene rings is 2. The van der Waals surface area contributed by atoms with Crippen LogP contribution >= 0.6 is 15.9 Å². The van der Waals surface area contributed by atoms with Crippen LogP contribution in [0, 0.1) is 0 Å². The summed E-state index contributed by atoms with van der Waals surface area (Å²) in [6, 6.07) is 15.5. The molecule has 0 heterocycles. The summed E-state index contributed by atoms with van der Waals surface area (Å²) >= 11 is 3.35. The lowest BCUT2D eigenvalue weighted by Gasteiger charge is -2.07. The predicted octanol–water partition coefficient (Wildman–Crippen LogP) is 8.81. The standard InChI is InChI=1S/C27H39BrO/c1-23(28)27(29)22-13-11-9-7-5-3-2-4-6-8-10-12-17-24-19-16-20-25-18-14-15-21-26(24)25/h14-16,18-21,23H,2-13,17,22H2,1H3. The smallest absolute Gasteiger partial charge is 0.146 e. The van der Waals surface area contributed by atoms with Crippen LogP contribution in [0.2, 0.25) is 0 Å². The molecule has 0 fully saturated rings. The average Bonchev–Trinajstić information content (AvgIpc) is 2.73. The fraction of sp³-hybridized carbons (Fsp3) is 0.593. The van der Waals surface area contributed by atoms with Gasteiger partial charge in [-0.25, -0.2) is 0 Å². The summed E-state index contributed by atoms with van der Waals surface area (Å²) in [5.41, 5.74) is 1.51. The minimum atomic E-state index is 0.0284. The number of rotatable bonds is 16. The van der Waals surface area contributed by atoms with Crippen LogP contribution < -0.4 is 0 Å². The van der Waals surface area contributed by atoms with Gasteiger partial charge in [-0.2, -0.15) is 0 Å². The van der Waals surface area contributed by atoms with E-state index in [-0.39, 0.29) is 4.83 Å². The zero-order valence-corrected chi connectivity index (χ0v) is 19.9. The van der Waals surface area contributed by atoms with Crippen LogP contribution in [0.4, 0.5) is 0 Å². The Bertz CT molecular complexity index is 701. The van der Waals surface area contributed by atoms with Crippen molar-refractivity contribution in [1.29, 1.82) is 0 Å². The van der Waals surface area contributed by atoms with Crippen LogP contribution in [-0.2, 0) is 11.2 Å². The van der Waals surface area contributed by atoms with Crippen molar-refractivity contribution in [3.05, 3.63) is 48.0 Å². The van der Waals surface area contributed by atoms with Crippen molar-refractivity contribution in [2.75, 3.05) is 0 Å². The number of Topliss-reactive ketones (excluding diaryl/α,β-unsaturated/α-hetero) is 1. The molecule has 0 radical (unpaired) electrons. The molecule has 1 nitrogen and oxygen atoms in total. The van der Waals surface area contributed by atoms with Gasteiger partial charge in [-0.15, -0.1) is 0 Å². The summed E-state index contributed by atoms with van der Waals surface area (Å²) in [7, 11) is 0. The quantitative estimate of drug-likeness (QED) is 0.181. The maximum atomic E-state index is 11.5. The first-order valence-corrected chi connectivity index (χ1v) is 12.7. The molecule has 2 rings (SSSR count). The Hall–Kier alpha value is -1.15. The Labute approximate surface area is 186 Å². The first-order chi connectivity index (χ1) is 14.2. The molecule has 2 aromatic carbocycles. The Balaban J connectivity index is 1.39. The van der Waals surface area contributed by atoms with Crippen molar-refractivity contribution >= 4 is 32.5 Å². The Morgan fingerprint density at radius 3 is 1.86 bits per heavy atom. The van der Waals surface area contributed by atoms with Crippen LogP contribution in [0.1, 0.15) is 96.0 Å². The molecule has 0 amide bonds. The van der Waals surface area contributed by atoms with E-state index in [0.717, 1.165) is 12.8 Å². The SMILES string of the molecule is CC(Br)C(=O)CCCCCCCCCCCCCCc1cccc2ccccc12. The van der Waals surface area contributed by atoms with Gasteiger partial charge in [-0.3, -0.25) is 4.79 Å². The molecule has 0 N–H and O–H groups in total. The van der Waals surface area contributed by atoms with Gasteiger partial charge < -0.3 is 0 Å². The molecule has 0 spiro atoms. The highest BCUT2D eigenvalue weighted by molar-refractivity contribution is 9.10. The molecule has 0 aliphatic carbocycles. The van der Waals surface area contributed by atoms with E-state index in [1.54, 1.807) is 0 Å². The summed E-state index contributed by atoms with van der Waals surface area (Å²) in [4.78, 5) is 11.6. The van der Waals surface area contributed by atoms with Crippen LogP contribution in [0.5, 0.6) is 0 Å². The molecular formula is C27H39BrO. The van der Waals surface area contributed by atoms with E-state index in [1.807, 2.05) is 6.92 Å². The molecule has 0 bridgehead atoms. The molecule has 1 atom stereocenters. The minimum Gasteiger partial charge on any atom is -0.298 e. The number of alkyl halides is 1. The van der Waals surface area contributed by atoms with Crippen molar-refractivity contribution in [1.82, 2.24) is 0 Å². The highest BCUT2D eigenvalue weighted by Crippen LogP contribution is 2.21. The second-order valence-corrected chi connectivity index (χ2v) is 9.84. The first-order valence-electron chi connectivity index (χ1n) is 11.8. The van der Waals surface area contributed by atoms with Gasteiger partial charge in [0.2, 0.25) is 0 Å². The van der Waals surface area contributed by atoms with Gasteiger partial charge in [0.15, 0.2) is 0 Å². The zero-order chi connectivity index (χ0) is 20.7. The normalized spacial score (nSPS) is 12.3. The van der Waals surface area contributed by atoms with E-state index >= 15 is 0 Å².